The van der Waals surface area contributed by atoms with Gasteiger partial charge in [-0.3, -0.25) is 0 Å². The Bertz CT molecular complexity index is 996. The van der Waals surface area contributed by atoms with Gasteiger partial charge in [0, 0.05) is 6.08 Å². The molecule has 0 radical (unpaired) electrons. The molecule has 0 amide bonds. The Morgan fingerprint density at radius 2 is 1.34 bits per heavy atom. The van der Waals surface area contributed by atoms with Crippen molar-refractivity contribution in [2.45, 2.75) is 77.7 Å². The molecule has 0 fully saturated rings. The highest BCUT2D eigenvalue weighted by molar-refractivity contribution is 5.92. The van der Waals surface area contributed by atoms with Crippen molar-refractivity contribution in [3.8, 4) is 11.5 Å². The quantitative estimate of drug-likeness (QED) is 0.0890. The second kappa shape index (κ2) is 17.8. The third-order valence-corrected chi connectivity index (χ3v) is 5.88. The zero-order valence-corrected chi connectivity index (χ0v) is 22.6. The first-order valence-corrected chi connectivity index (χ1v) is 13.5. The number of benzene rings is 2. The monoisotopic (exact) mass is 524 g/mol. The fourth-order valence-corrected chi connectivity index (χ4v) is 3.66. The molecular formula is C31H40O7. The fourth-order valence-electron chi connectivity index (χ4n) is 3.66. The summed E-state index contributed by atoms with van der Waals surface area (Å²) in [5, 5.41) is 0. The van der Waals surface area contributed by atoms with Gasteiger partial charge in [-0.15, -0.1) is 0 Å². The van der Waals surface area contributed by atoms with Crippen molar-refractivity contribution >= 4 is 17.9 Å². The molecule has 0 aliphatic rings. The van der Waals surface area contributed by atoms with Gasteiger partial charge in [-0.1, -0.05) is 32.8 Å². The van der Waals surface area contributed by atoms with Crippen molar-refractivity contribution in [3.05, 3.63) is 72.3 Å². The molecule has 38 heavy (non-hydrogen) atoms. The number of hydrogen-bond donors (Lipinski definition) is 0. The van der Waals surface area contributed by atoms with Crippen molar-refractivity contribution in [2.75, 3.05) is 13.2 Å². The summed E-state index contributed by atoms with van der Waals surface area (Å²) in [6.45, 7) is 8.39. The van der Waals surface area contributed by atoms with E-state index in [2.05, 4.69) is 13.5 Å². The Morgan fingerprint density at radius 1 is 0.763 bits per heavy atom. The van der Waals surface area contributed by atoms with Gasteiger partial charge in [-0.25, -0.2) is 14.4 Å². The van der Waals surface area contributed by atoms with Gasteiger partial charge in [0.05, 0.1) is 30.4 Å². The van der Waals surface area contributed by atoms with Crippen molar-refractivity contribution in [1.29, 1.82) is 0 Å². The number of esters is 3. The van der Waals surface area contributed by atoms with Crippen LogP contribution in [0.1, 0.15) is 92.4 Å². The van der Waals surface area contributed by atoms with E-state index in [0.29, 0.717) is 35.8 Å². The molecule has 0 aliphatic heterocycles. The molecule has 2 rings (SSSR count). The van der Waals surface area contributed by atoms with E-state index in [1.54, 1.807) is 48.5 Å². The highest BCUT2D eigenvalue weighted by Crippen LogP contribution is 2.18. The topological polar surface area (TPSA) is 88.1 Å². The summed E-state index contributed by atoms with van der Waals surface area (Å²) in [7, 11) is 0. The van der Waals surface area contributed by atoms with E-state index in [0.717, 1.165) is 51.0 Å². The molecule has 2 aromatic rings. The van der Waals surface area contributed by atoms with E-state index >= 15 is 0 Å². The van der Waals surface area contributed by atoms with Crippen molar-refractivity contribution in [1.82, 2.24) is 0 Å². The van der Waals surface area contributed by atoms with E-state index < -0.39 is 11.9 Å². The van der Waals surface area contributed by atoms with Crippen LogP contribution in [0.15, 0.2) is 61.2 Å². The Labute approximate surface area is 226 Å². The van der Waals surface area contributed by atoms with Crippen LogP contribution in [0.5, 0.6) is 11.5 Å². The first-order valence-electron chi connectivity index (χ1n) is 13.5. The molecule has 0 N–H and O–H groups in total. The number of ether oxygens (including phenoxy) is 4. The summed E-state index contributed by atoms with van der Waals surface area (Å²) >= 11 is 0. The van der Waals surface area contributed by atoms with E-state index in [-0.39, 0.29) is 12.1 Å². The van der Waals surface area contributed by atoms with Crippen LogP contribution >= 0.6 is 0 Å². The van der Waals surface area contributed by atoms with Crippen LogP contribution in [-0.2, 0) is 14.3 Å². The second-order valence-corrected chi connectivity index (χ2v) is 9.14. The van der Waals surface area contributed by atoms with E-state index in [9.17, 15) is 14.4 Å². The van der Waals surface area contributed by atoms with Gasteiger partial charge in [-0.2, -0.15) is 0 Å². The molecule has 2 aromatic carbocycles. The lowest BCUT2D eigenvalue weighted by Crippen LogP contribution is -2.15. The van der Waals surface area contributed by atoms with E-state index in [4.69, 9.17) is 18.9 Å². The smallest absolute Gasteiger partial charge is 0.343 e. The van der Waals surface area contributed by atoms with Crippen molar-refractivity contribution in [2.24, 2.45) is 0 Å². The van der Waals surface area contributed by atoms with Gasteiger partial charge in [0.25, 0.3) is 0 Å². The van der Waals surface area contributed by atoms with Crippen LogP contribution in [-0.4, -0.2) is 37.2 Å². The number of rotatable bonds is 18. The number of carbonyl (C=O) groups is 3. The third kappa shape index (κ3) is 12.1. The number of unbranched alkanes of at least 4 members (excludes halogenated alkanes) is 6. The Balaban J connectivity index is 1.69. The zero-order chi connectivity index (χ0) is 27.6. The average Bonchev–Trinajstić information content (AvgIpc) is 2.93. The second-order valence-electron chi connectivity index (χ2n) is 9.14. The average molecular weight is 525 g/mol. The molecule has 0 saturated heterocycles. The zero-order valence-electron chi connectivity index (χ0n) is 22.6. The predicted octanol–water partition coefficient (Wildman–Crippen LogP) is 7.09. The predicted molar refractivity (Wildman–Crippen MR) is 147 cm³/mol. The minimum absolute atomic E-state index is 0.135. The summed E-state index contributed by atoms with van der Waals surface area (Å²) in [6, 6.07) is 13.1. The first-order chi connectivity index (χ1) is 18.4. The molecule has 0 spiro atoms. The minimum atomic E-state index is -0.496. The molecule has 0 aromatic heterocycles. The Hall–Kier alpha value is -3.61. The fraction of sp³-hybridized carbons (Fsp3) is 0.452. The lowest BCUT2D eigenvalue weighted by atomic mass is 10.1. The van der Waals surface area contributed by atoms with Gasteiger partial charge < -0.3 is 18.9 Å². The van der Waals surface area contributed by atoms with Gasteiger partial charge in [-0.05, 0) is 94.0 Å². The molecule has 1 unspecified atom stereocenters. The van der Waals surface area contributed by atoms with E-state index in [1.165, 1.54) is 12.8 Å². The largest absolute Gasteiger partial charge is 0.494 e. The number of carbonyl (C=O) groups excluding carboxylic acids is 3. The summed E-state index contributed by atoms with van der Waals surface area (Å²) in [6.07, 6.45) is 10.0. The van der Waals surface area contributed by atoms with Gasteiger partial charge in [0.15, 0.2) is 0 Å². The maximum absolute atomic E-state index is 12.5. The maximum Gasteiger partial charge on any atom is 0.343 e. The molecule has 7 nitrogen and oxygen atoms in total. The molecular weight excluding hydrogens is 484 g/mol. The molecule has 1 atom stereocenters. The van der Waals surface area contributed by atoms with Crippen molar-refractivity contribution in [3.63, 3.8) is 0 Å². The lowest BCUT2D eigenvalue weighted by molar-refractivity contribution is -0.137. The SMILES string of the molecule is C=CC(=O)OCCCCCCOc1ccc(C(=O)Oc2ccc(C(=O)OC(C)CCCCCC)cc2)cc1. The van der Waals surface area contributed by atoms with Gasteiger partial charge in [0.2, 0.25) is 0 Å². The summed E-state index contributed by atoms with van der Waals surface area (Å²) < 4.78 is 21.6. The van der Waals surface area contributed by atoms with Crippen LogP contribution in [0.3, 0.4) is 0 Å². The van der Waals surface area contributed by atoms with Crippen LogP contribution in [0.2, 0.25) is 0 Å². The van der Waals surface area contributed by atoms with Crippen LogP contribution in [0.4, 0.5) is 0 Å². The lowest BCUT2D eigenvalue weighted by Gasteiger charge is -2.13. The molecule has 0 saturated carbocycles. The summed E-state index contributed by atoms with van der Waals surface area (Å²) in [5.74, 6) is -0.253. The van der Waals surface area contributed by atoms with Gasteiger partial charge >= 0.3 is 17.9 Å². The third-order valence-electron chi connectivity index (χ3n) is 5.88. The molecule has 206 valence electrons. The normalized spacial score (nSPS) is 11.3. The maximum atomic E-state index is 12.5. The highest BCUT2D eigenvalue weighted by Gasteiger charge is 2.14. The number of hydrogen-bond acceptors (Lipinski definition) is 7. The Morgan fingerprint density at radius 3 is 1.97 bits per heavy atom. The van der Waals surface area contributed by atoms with Crippen LogP contribution < -0.4 is 9.47 Å². The highest BCUT2D eigenvalue weighted by atomic mass is 16.5. The van der Waals surface area contributed by atoms with Crippen LogP contribution in [0.25, 0.3) is 0 Å². The molecule has 7 heteroatoms. The van der Waals surface area contributed by atoms with E-state index in [1.807, 2.05) is 6.92 Å². The molecule has 0 aliphatic carbocycles. The van der Waals surface area contributed by atoms with Crippen LogP contribution in [0, 0.1) is 0 Å². The molecule has 0 bridgehead atoms. The van der Waals surface area contributed by atoms with Gasteiger partial charge in [0.1, 0.15) is 11.5 Å². The summed E-state index contributed by atoms with van der Waals surface area (Å²) in [5.41, 5.74) is 0.814. The standard InChI is InChI=1S/C31H40O7/c1-4-6-7-10-13-24(3)37-30(33)25-16-20-28(21-17-25)38-31(34)26-14-18-27(19-15-26)35-22-11-8-9-12-23-36-29(32)5-2/h5,14-21,24H,2,4,6-13,22-23H2,1,3H3. The first kappa shape index (κ1) is 30.6. The Kier molecular flexibility index (Phi) is 14.3. The molecule has 0 heterocycles. The summed E-state index contributed by atoms with van der Waals surface area (Å²) in [4.78, 5) is 35.8. The van der Waals surface area contributed by atoms with Crippen molar-refractivity contribution < 1.29 is 33.3 Å². The minimum Gasteiger partial charge on any atom is -0.494 e.